The molecule has 0 aromatic heterocycles. The van der Waals surface area contributed by atoms with Gasteiger partial charge in [-0.05, 0) is 68.6 Å². The van der Waals surface area contributed by atoms with Crippen LogP contribution in [0.4, 0.5) is 0 Å². The molecule has 2 N–H and O–H groups in total. The number of aliphatic hydroxyl groups excluding tert-OH is 1. The first-order valence-electron chi connectivity index (χ1n) is 10.5. The van der Waals surface area contributed by atoms with E-state index in [1.54, 1.807) is 6.92 Å². The highest BCUT2D eigenvalue weighted by Crippen LogP contribution is 2.66. The molecular weight excluding hydrogens is 380 g/mol. The SMILES string of the molecule is CC(=O)[C@H]1CC[C@H]2[C@@H]3CC=C4CC(OS(=O)(=O)O)CC(O)[C@]4(C)[C@H]3CC[C@]12C. The molecule has 0 bridgehead atoms. The van der Waals surface area contributed by atoms with Crippen molar-refractivity contribution in [3.05, 3.63) is 11.6 Å². The number of carbonyl (C=O) groups excluding carboxylic acids is 1. The fourth-order valence-corrected chi connectivity index (χ4v) is 8.09. The molecule has 0 radical (unpaired) electrons. The van der Waals surface area contributed by atoms with Crippen LogP contribution in [0.1, 0.15) is 65.7 Å². The van der Waals surface area contributed by atoms with Crippen molar-refractivity contribution >= 4 is 16.2 Å². The Kier molecular flexibility index (Phi) is 4.85. The molecule has 2 unspecified atom stereocenters. The average molecular weight is 413 g/mol. The minimum Gasteiger partial charge on any atom is -0.392 e. The maximum atomic E-state index is 12.2. The zero-order valence-corrected chi connectivity index (χ0v) is 17.7. The topological polar surface area (TPSA) is 101 Å². The molecule has 0 amide bonds. The number of hydrogen-bond acceptors (Lipinski definition) is 5. The molecule has 8 atom stereocenters. The number of rotatable bonds is 3. The van der Waals surface area contributed by atoms with Gasteiger partial charge in [0, 0.05) is 17.8 Å². The van der Waals surface area contributed by atoms with E-state index in [1.165, 1.54) is 0 Å². The number of hydrogen-bond donors (Lipinski definition) is 2. The molecule has 0 aromatic rings. The van der Waals surface area contributed by atoms with Crippen LogP contribution in [0.15, 0.2) is 11.6 Å². The highest BCUT2D eigenvalue weighted by Gasteiger charge is 2.61. The summed E-state index contributed by atoms with van der Waals surface area (Å²) in [6, 6.07) is 0. The largest absolute Gasteiger partial charge is 0.397 e. The van der Waals surface area contributed by atoms with Crippen molar-refractivity contribution in [3.8, 4) is 0 Å². The van der Waals surface area contributed by atoms with E-state index in [0.29, 0.717) is 30.0 Å². The lowest BCUT2D eigenvalue weighted by Gasteiger charge is -2.59. The summed E-state index contributed by atoms with van der Waals surface area (Å²) in [7, 11) is -4.53. The Balaban J connectivity index is 1.63. The summed E-state index contributed by atoms with van der Waals surface area (Å²) in [6.07, 6.45) is 6.32. The van der Waals surface area contributed by atoms with Crippen LogP contribution in [0.5, 0.6) is 0 Å². The molecule has 158 valence electrons. The van der Waals surface area contributed by atoms with Crippen LogP contribution in [-0.4, -0.2) is 36.1 Å². The van der Waals surface area contributed by atoms with Crippen LogP contribution in [0.3, 0.4) is 0 Å². The van der Waals surface area contributed by atoms with Crippen molar-refractivity contribution < 1.29 is 27.1 Å². The highest BCUT2D eigenvalue weighted by atomic mass is 32.3. The predicted octanol–water partition coefficient (Wildman–Crippen LogP) is 3.31. The van der Waals surface area contributed by atoms with Crippen molar-refractivity contribution in [2.75, 3.05) is 0 Å². The summed E-state index contributed by atoms with van der Waals surface area (Å²) in [5.41, 5.74) is 0.730. The second-order valence-corrected chi connectivity index (χ2v) is 11.1. The Morgan fingerprint density at radius 1 is 1.21 bits per heavy atom. The molecule has 6 nitrogen and oxygen atoms in total. The predicted molar refractivity (Wildman–Crippen MR) is 104 cm³/mol. The van der Waals surface area contributed by atoms with Crippen LogP contribution in [-0.2, 0) is 19.4 Å². The number of ketones is 1. The maximum Gasteiger partial charge on any atom is 0.397 e. The van der Waals surface area contributed by atoms with Gasteiger partial charge in [-0.3, -0.25) is 9.35 Å². The molecule has 3 saturated carbocycles. The van der Waals surface area contributed by atoms with E-state index < -0.39 is 28.0 Å². The van der Waals surface area contributed by atoms with Crippen LogP contribution >= 0.6 is 0 Å². The normalized spacial score (nSPS) is 48.2. The van der Waals surface area contributed by atoms with Gasteiger partial charge in [0.2, 0.25) is 0 Å². The summed E-state index contributed by atoms with van der Waals surface area (Å²) in [4.78, 5) is 12.2. The summed E-state index contributed by atoms with van der Waals surface area (Å²) >= 11 is 0. The second kappa shape index (κ2) is 6.62. The number of Topliss-reactive ketones (excluding diaryl/α,β-unsaturated/α-hetero) is 1. The zero-order chi connectivity index (χ0) is 20.5. The molecule has 4 aliphatic rings. The third-order valence-electron chi connectivity index (χ3n) is 8.91. The second-order valence-electron chi connectivity index (χ2n) is 10.0. The Labute approximate surface area is 167 Å². The van der Waals surface area contributed by atoms with Gasteiger partial charge in [-0.2, -0.15) is 8.42 Å². The van der Waals surface area contributed by atoms with E-state index in [9.17, 15) is 18.3 Å². The first-order valence-corrected chi connectivity index (χ1v) is 11.9. The minimum atomic E-state index is -4.53. The zero-order valence-electron chi connectivity index (χ0n) is 16.9. The van der Waals surface area contributed by atoms with Crippen molar-refractivity contribution in [2.24, 2.45) is 34.5 Å². The van der Waals surface area contributed by atoms with Crippen molar-refractivity contribution in [3.63, 3.8) is 0 Å². The van der Waals surface area contributed by atoms with Crippen molar-refractivity contribution in [1.29, 1.82) is 0 Å². The third kappa shape index (κ3) is 3.01. The highest BCUT2D eigenvalue weighted by molar-refractivity contribution is 7.80. The molecule has 0 spiro atoms. The molecule has 28 heavy (non-hydrogen) atoms. The Hall–Kier alpha value is -0.760. The fourth-order valence-electron chi connectivity index (χ4n) is 7.60. The molecule has 0 aromatic carbocycles. The van der Waals surface area contributed by atoms with Gasteiger partial charge in [0.25, 0.3) is 0 Å². The van der Waals surface area contributed by atoms with E-state index >= 15 is 0 Å². The van der Waals surface area contributed by atoms with Gasteiger partial charge in [-0.25, -0.2) is 4.18 Å². The van der Waals surface area contributed by atoms with Gasteiger partial charge in [-0.1, -0.05) is 25.5 Å². The summed E-state index contributed by atoms with van der Waals surface area (Å²) < 4.78 is 36.1. The Morgan fingerprint density at radius 2 is 1.93 bits per heavy atom. The third-order valence-corrected chi connectivity index (χ3v) is 9.43. The molecular formula is C21H32O6S. The van der Waals surface area contributed by atoms with Gasteiger partial charge in [-0.15, -0.1) is 0 Å². The number of carbonyl (C=O) groups is 1. The first-order chi connectivity index (χ1) is 13.0. The molecule has 3 fully saturated rings. The van der Waals surface area contributed by atoms with Crippen molar-refractivity contribution in [2.45, 2.75) is 77.9 Å². The van der Waals surface area contributed by atoms with E-state index in [1.807, 2.05) is 0 Å². The lowest BCUT2D eigenvalue weighted by Crippen LogP contribution is -2.56. The number of allylic oxidation sites excluding steroid dienone is 1. The summed E-state index contributed by atoms with van der Waals surface area (Å²) in [5.74, 6) is 1.74. The van der Waals surface area contributed by atoms with Gasteiger partial charge in [0.15, 0.2) is 0 Å². The van der Waals surface area contributed by atoms with E-state index in [2.05, 4.69) is 19.9 Å². The van der Waals surface area contributed by atoms with Gasteiger partial charge in [0.05, 0.1) is 12.2 Å². The average Bonchev–Trinajstić information content (AvgIpc) is 2.92. The Bertz CT molecular complexity index is 804. The molecule has 7 heteroatoms. The van der Waals surface area contributed by atoms with Gasteiger partial charge in [0.1, 0.15) is 5.78 Å². The lowest BCUT2D eigenvalue weighted by atomic mass is 9.46. The minimum absolute atomic E-state index is 0.0605. The lowest BCUT2D eigenvalue weighted by molar-refractivity contribution is -0.130. The Morgan fingerprint density at radius 3 is 2.57 bits per heavy atom. The smallest absolute Gasteiger partial charge is 0.392 e. The standard InChI is InChI=1S/C21H32O6S/c1-12(22)16-6-7-17-15-5-4-13-10-14(27-28(24,25)26)11-19(23)21(13,3)18(15)8-9-20(16,17)2/h4,14-19,23H,5-11H2,1-3H3,(H,24,25,26)/t14?,15-,16+,17-,18-,19?,20+,21-/m0/s1. The summed E-state index contributed by atoms with van der Waals surface area (Å²) in [6.45, 7) is 6.14. The van der Waals surface area contributed by atoms with Crippen LogP contribution in [0, 0.1) is 34.5 Å². The molecule has 0 saturated heterocycles. The van der Waals surface area contributed by atoms with E-state index in [-0.39, 0.29) is 17.8 Å². The number of fused-ring (bicyclic) bond motifs is 5. The first kappa shape index (κ1) is 20.5. The van der Waals surface area contributed by atoms with Crippen LogP contribution in [0.25, 0.3) is 0 Å². The van der Waals surface area contributed by atoms with Crippen molar-refractivity contribution in [1.82, 2.24) is 0 Å². The van der Waals surface area contributed by atoms with E-state index in [0.717, 1.165) is 37.7 Å². The van der Waals surface area contributed by atoms with Crippen LogP contribution in [0.2, 0.25) is 0 Å². The van der Waals surface area contributed by atoms with Crippen LogP contribution < -0.4 is 0 Å². The molecule has 4 rings (SSSR count). The maximum absolute atomic E-state index is 12.2. The monoisotopic (exact) mass is 412 g/mol. The van der Waals surface area contributed by atoms with Gasteiger partial charge < -0.3 is 5.11 Å². The van der Waals surface area contributed by atoms with Gasteiger partial charge >= 0.3 is 10.4 Å². The molecule has 0 aliphatic heterocycles. The fraction of sp³-hybridized carbons (Fsp3) is 0.857. The number of aliphatic hydroxyl groups is 1. The van der Waals surface area contributed by atoms with E-state index in [4.69, 9.17) is 8.74 Å². The quantitative estimate of drug-likeness (QED) is 0.545. The summed E-state index contributed by atoms with van der Waals surface area (Å²) in [5, 5.41) is 11.1. The molecule has 4 aliphatic carbocycles. The molecule has 0 heterocycles.